The molecule has 1 aromatic carbocycles. The normalized spacial score (nSPS) is 14.1. The third-order valence-corrected chi connectivity index (χ3v) is 5.76. The largest absolute Gasteiger partial charge is 0.353 e. The molecule has 1 saturated heterocycles. The Kier molecular flexibility index (Phi) is 6.51. The summed E-state index contributed by atoms with van der Waals surface area (Å²) in [6.45, 7) is 3.40. The van der Waals surface area contributed by atoms with Crippen molar-refractivity contribution in [3.63, 3.8) is 0 Å². The molecule has 0 atom stereocenters. The van der Waals surface area contributed by atoms with Crippen LogP contribution < -0.4 is 10.2 Å². The topological polar surface area (TPSA) is 75.2 Å². The Morgan fingerprint density at radius 1 is 1.23 bits per heavy atom. The number of anilines is 2. The molecule has 2 aromatic rings. The fourth-order valence-electron chi connectivity index (χ4n) is 2.56. The molecule has 1 amide bonds. The minimum Gasteiger partial charge on any atom is -0.353 e. The summed E-state index contributed by atoms with van der Waals surface area (Å²) >= 11 is 3.31. The highest BCUT2D eigenvalue weighted by atomic mass is 32.2. The van der Waals surface area contributed by atoms with Crippen molar-refractivity contribution in [2.45, 2.75) is 11.9 Å². The van der Waals surface area contributed by atoms with Crippen molar-refractivity contribution in [3.8, 4) is 0 Å². The second kappa shape index (κ2) is 9.05. The Bertz CT molecular complexity index is 794. The molecule has 1 fully saturated rings. The number of nitrogens with one attached hydrogen (secondary N) is 1. The molecule has 6 nitrogen and oxygen atoms in total. The Morgan fingerprint density at radius 3 is 2.77 bits per heavy atom. The lowest BCUT2D eigenvalue weighted by atomic mass is 10.1. The molecule has 0 spiro atoms. The number of benzene rings is 1. The lowest BCUT2D eigenvalue weighted by Crippen LogP contribution is -2.33. The number of hydrogen-bond donors (Lipinski definition) is 1. The van der Waals surface area contributed by atoms with E-state index >= 15 is 0 Å². The monoisotopic (exact) mass is 388 g/mol. The van der Waals surface area contributed by atoms with Crippen molar-refractivity contribution in [1.82, 2.24) is 9.97 Å². The Hall–Kier alpha value is -2.06. The van der Waals surface area contributed by atoms with Crippen LogP contribution >= 0.6 is 23.5 Å². The molecule has 1 N–H and O–H groups in total. The van der Waals surface area contributed by atoms with Crippen LogP contribution in [0.2, 0.25) is 0 Å². The Balaban J connectivity index is 1.61. The molecule has 0 bridgehead atoms. The summed E-state index contributed by atoms with van der Waals surface area (Å²) < 4.78 is 0. The van der Waals surface area contributed by atoms with E-state index in [4.69, 9.17) is 0 Å². The van der Waals surface area contributed by atoms with Crippen LogP contribution in [0.25, 0.3) is 0 Å². The first kappa shape index (κ1) is 18.7. The van der Waals surface area contributed by atoms with Gasteiger partial charge in [-0.3, -0.25) is 9.59 Å². The van der Waals surface area contributed by atoms with Crippen molar-refractivity contribution >= 4 is 46.7 Å². The van der Waals surface area contributed by atoms with E-state index in [-0.39, 0.29) is 17.4 Å². The first-order valence-corrected chi connectivity index (χ1v) is 10.4. The maximum atomic E-state index is 12.3. The second-order valence-electron chi connectivity index (χ2n) is 5.76. The number of rotatable bonds is 6. The molecule has 3 rings (SSSR count). The smallest absolute Gasteiger partial charge is 0.234 e. The third kappa shape index (κ3) is 4.98. The number of carbonyl (C=O) groups excluding carboxylic acids is 2. The van der Waals surface area contributed by atoms with E-state index < -0.39 is 0 Å². The SMILES string of the molecule is CC(=O)c1cccc(NC(=O)CSc2nccnc2N2CCSCC2)c1. The summed E-state index contributed by atoms with van der Waals surface area (Å²) in [7, 11) is 0. The molecule has 1 aromatic heterocycles. The molecule has 26 heavy (non-hydrogen) atoms. The van der Waals surface area contributed by atoms with Gasteiger partial charge in [0.15, 0.2) is 11.6 Å². The molecular formula is C18H20N4O2S2. The third-order valence-electron chi connectivity index (χ3n) is 3.85. The highest BCUT2D eigenvalue weighted by Gasteiger charge is 2.18. The molecular weight excluding hydrogens is 368 g/mol. The molecule has 0 radical (unpaired) electrons. The molecule has 0 unspecified atom stereocenters. The zero-order valence-corrected chi connectivity index (χ0v) is 16.1. The first-order chi connectivity index (χ1) is 12.6. The summed E-state index contributed by atoms with van der Waals surface area (Å²) in [6, 6.07) is 6.95. The molecule has 1 aliphatic rings. The van der Waals surface area contributed by atoms with Crippen molar-refractivity contribution in [2.75, 3.05) is 40.6 Å². The van der Waals surface area contributed by atoms with Crippen molar-refractivity contribution < 1.29 is 9.59 Å². The second-order valence-corrected chi connectivity index (χ2v) is 7.95. The minimum absolute atomic E-state index is 0.0284. The van der Waals surface area contributed by atoms with Crippen molar-refractivity contribution in [1.29, 1.82) is 0 Å². The van der Waals surface area contributed by atoms with Gasteiger partial charge in [0.2, 0.25) is 5.91 Å². The average molecular weight is 389 g/mol. The summed E-state index contributed by atoms with van der Waals surface area (Å²) in [5.41, 5.74) is 1.20. The van der Waals surface area contributed by atoms with Gasteiger partial charge in [0, 0.05) is 48.2 Å². The highest BCUT2D eigenvalue weighted by Crippen LogP contribution is 2.27. The predicted octanol–water partition coefficient (Wildman–Crippen LogP) is 2.96. The minimum atomic E-state index is -0.137. The van der Waals surface area contributed by atoms with Crippen LogP contribution in [-0.2, 0) is 4.79 Å². The number of hydrogen-bond acceptors (Lipinski definition) is 7. The molecule has 136 valence electrons. The molecule has 0 saturated carbocycles. The van der Waals surface area contributed by atoms with Gasteiger partial charge in [-0.2, -0.15) is 11.8 Å². The van der Waals surface area contributed by atoms with Gasteiger partial charge in [-0.1, -0.05) is 23.9 Å². The number of carbonyl (C=O) groups is 2. The number of nitrogens with zero attached hydrogens (tertiary/aromatic N) is 3. The standard InChI is InChI=1S/C18H20N4O2S2/c1-13(23)14-3-2-4-15(11-14)21-16(24)12-26-18-17(19-5-6-20-18)22-7-9-25-10-8-22/h2-6,11H,7-10,12H2,1H3,(H,21,24). The summed E-state index contributed by atoms with van der Waals surface area (Å²) in [4.78, 5) is 34.8. The van der Waals surface area contributed by atoms with Crippen LogP contribution in [0.3, 0.4) is 0 Å². The molecule has 1 aliphatic heterocycles. The van der Waals surface area contributed by atoms with Gasteiger partial charge >= 0.3 is 0 Å². The van der Waals surface area contributed by atoms with Crippen LogP contribution in [0.15, 0.2) is 41.7 Å². The van der Waals surface area contributed by atoms with Crippen molar-refractivity contribution in [2.24, 2.45) is 0 Å². The number of aromatic nitrogens is 2. The number of Topliss-reactive ketones (excluding diaryl/α,β-unsaturated/α-hetero) is 1. The van der Waals surface area contributed by atoms with E-state index in [0.29, 0.717) is 11.3 Å². The number of thioether (sulfide) groups is 2. The summed E-state index contributed by atoms with van der Waals surface area (Å²) in [5, 5.41) is 3.60. The van der Waals surface area contributed by atoms with E-state index in [1.165, 1.54) is 18.7 Å². The Morgan fingerprint density at radius 2 is 2.00 bits per heavy atom. The molecule has 2 heterocycles. The molecule has 8 heteroatoms. The average Bonchev–Trinajstić information content (AvgIpc) is 2.67. The van der Waals surface area contributed by atoms with Crippen LogP contribution in [0.5, 0.6) is 0 Å². The van der Waals surface area contributed by atoms with Gasteiger partial charge in [0.25, 0.3) is 0 Å². The van der Waals surface area contributed by atoms with Gasteiger partial charge in [0.1, 0.15) is 5.03 Å². The van der Waals surface area contributed by atoms with Crippen molar-refractivity contribution in [3.05, 3.63) is 42.2 Å². The predicted molar refractivity (Wildman–Crippen MR) is 107 cm³/mol. The fourth-order valence-corrected chi connectivity index (χ4v) is 4.25. The highest BCUT2D eigenvalue weighted by molar-refractivity contribution is 8.00. The maximum absolute atomic E-state index is 12.3. The summed E-state index contributed by atoms with van der Waals surface area (Å²) in [5.74, 6) is 3.07. The lowest BCUT2D eigenvalue weighted by molar-refractivity contribution is -0.113. The van der Waals surface area contributed by atoms with Gasteiger partial charge in [-0.15, -0.1) is 0 Å². The summed E-state index contributed by atoms with van der Waals surface area (Å²) in [6.07, 6.45) is 3.34. The zero-order chi connectivity index (χ0) is 18.4. The van der Waals surface area contributed by atoms with Crippen LogP contribution in [0.1, 0.15) is 17.3 Å². The Labute approximate surface area is 161 Å². The number of ketones is 1. The van der Waals surface area contributed by atoms with E-state index in [1.54, 1.807) is 36.7 Å². The van der Waals surface area contributed by atoms with Gasteiger partial charge in [-0.25, -0.2) is 9.97 Å². The maximum Gasteiger partial charge on any atom is 0.234 e. The molecule has 0 aliphatic carbocycles. The van der Waals surface area contributed by atoms with E-state index in [2.05, 4.69) is 20.2 Å². The van der Waals surface area contributed by atoms with Gasteiger partial charge < -0.3 is 10.2 Å². The fraction of sp³-hybridized carbons (Fsp3) is 0.333. The van der Waals surface area contributed by atoms with Gasteiger partial charge in [0.05, 0.1) is 5.75 Å². The van der Waals surface area contributed by atoms with Crippen LogP contribution in [-0.4, -0.2) is 52.0 Å². The van der Waals surface area contributed by atoms with E-state index in [9.17, 15) is 9.59 Å². The number of amides is 1. The van der Waals surface area contributed by atoms with Crippen LogP contribution in [0.4, 0.5) is 11.5 Å². The van der Waals surface area contributed by atoms with E-state index in [1.807, 2.05) is 11.8 Å². The van der Waals surface area contributed by atoms with E-state index in [0.717, 1.165) is 35.4 Å². The quantitative estimate of drug-likeness (QED) is 0.602. The zero-order valence-electron chi connectivity index (χ0n) is 14.5. The lowest BCUT2D eigenvalue weighted by Gasteiger charge is -2.28. The van der Waals surface area contributed by atoms with Crippen LogP contribution in [0, 0.1) is 0 Å². The first-order valence-electron chi connectivity index (χ1n) is 8.31. The van der Waals surface area contributed by atoms with Gasteiger partial charge in [-0.05, 0) is 19.1 Å².